The highest BCUT2D eigenvalue weighted by atomic mass is 16.5. The summed E-state index contributed by atoms with van der Waals surface area (Å²) in [5, 5.41) is 8.76. The van der Waals surface area contributed by atoms with E-state index in [1.807, 2.05) is 20.8 Å². The highest BCUT2D eigenvalue weighted by Crippen LogP contribution is 2.42. The molecule has 0 bridgehead atoms. The standard InChI is InChI=1S/C17H28O4/c1-12-15(19-4)13(2)17(14(3)16(12)20-5)21-11-9-7-6-8-10-18/h18H,6-11H2,1-5H3. The van der Waals surface area contributed by atoms with Crippen LogP contribution in [0, 0.1) is 20.8 Å². The summed E-state index contributed by atoms with van der Waals surface area (Å²) in [5.41, 5.74) is 3.04. The maximum absolute atomic E-state index is 8.76. The van der Waals surface area contributed by atoms with Crippen LogP contribution in [0.3, 0.4) is 0 Å². The third kappa shape index (κ3) is 4.27. The molecule has 0 aliphatic rings. The summed E-state index contributed by atoms with van der Waals surface area (Å²) in [7, 11) is 3.34. The topological polar surface area (TPSA) is 47.9 Å². The van der Waals surface area contributed by atoms with Gasteiger partial charge in [-0.05, 0) is 40.0 Å². The van der Waals surface area contributed by atoms with E-state index in [2.05, 4.69) is 0 Å². The Morgan fingerprint density at radius 2 is 1.19 bits per heavy atom. The maximum Gasteiger partial charge on any atom is 0.132 e. The van der Waals surface area contributed by atoms with Crippen molar-refractivity contribution >= 4 is 0 Å². The average molecular weight is 296 g/mol. The van der Waals surface area contributed by atoms with Crippen LogP contribution >= 0.6 is 0 Å². The summed E-state index contributed by atoms with van der Waals surface area (Å²) < 4.78 is 16.9. The predicted molar refractivity (Wildman–Crippen MR) is 84.8 cm³/mol. The lowest BCUT2D eigenvalue weighted by Gasteiger charge is -2.20. The zero-order valence-corrected chi connectivity index (χ0v) is 13.9. The number of rotatable bonds is 9. The number of hydrogen-bond donors (Lipinski definition) is 1. The molecule has 1 rings (SSSR count). The SMILES string of the molecule is COc1c(C)c(OC)c(C)c(OCCCCCCO)c1C. The van der Waals surface area contributed by atoms with Crippen molar-refractivity contribution in [3.63, 3.8) is 0 Å². The maximum atomic E-state index is 8.76. The molecule has 0 unspecified atom stereocenters. The Labute approximate surface area is 128 Å². The van der Waals surface area contributed by atoms with Crippen molar-refractivity contribution in [3.05, 3.63) is 16.7 Å². The third-order valence-electron chi connectivity index (χ3n) is 3.75. The first kappa shape index (κ1) is 17.6. The zero-order chi connectivity index (χ0) is 15.8. The van der Waals surface area contributed by atoms with Gasteiger partial charge in [-0.15, -0.1) is 0 Å². The smallest absolute Gasteiger partial charge is 0.132 e. The monoisotopic (exact) mass is 296 g/mol. The van der Waals surface area contributed by atoms with Gasteiger partial charge in [-0.3, -0.25) is 0 Å². The fourth-order valence-corrected chi connectivity index (χ4v) is 2.72. The normalized spacial score (nSPS) is 10.6. The first-order chi connectivity index (χ1) is 10.1. The fraction of sp³-hybridized carbons (Fsp3) is 0.647. The molecule has 0 saturated carbocycles. The summed E-state index contributed by atoms with van der Waals surface area (Å²) in [6, 6.07) is 0. The van der Waals surface area contributed by atoms with E-state index in [4.69, 9.17) is 19.3 Å². The minimum atomic E-state index is 0.269. The van der Waals surface area contributed by atoms with Gasteiger partial charge in [-0.25, -0.2) is 0 Å². The zero-order valence-electron chi connectivity index (χ0n) is 13.9. The van der Waals surface area contributed by atoms with Gasteiger partial charge in [0, 0.05) is 23.3 Å². The second-order valence-electron chi connectivity index (χ2n) is 5.26. The van der Waals surface area contributed by atoms with Gasteiger partial charge < -0.3 is 19.3 Å². The van der Waals surface area contributed by atoms with Crippen molar-refractivity contribution in [2.45, 2.75) is 46.5 Å². The molecule has 0 aliphatic heterocycles. The highest BCUT2D eigenvalue weighted by molar-refractivity contribution is 5.61. The number of benzene rings is 1. The van der Waals surface area contributed by atoms with Gasteiger partial charge >= 0.3 is 0 Å². The second-order valence-corrected chi connectivity index (χ2v) is 5.26. The van der Waals surface area contributed by atoms with Crippen LogP contribution < -0.4 is 14.2 Å². The number of hydrogen-bond acceptors (Lipinski definition) is 4. The Morgan fingerprint density at radius 3 is 1.67 bits per heavy atom. The Kier molecular flexibility index (Phi) is 7.37. The fourth-order valence-electron chi connectivity index (χ4n) is 2.72. The van der Waals surface area contributed by atoms with Crippen LogP contribution in [0.15, 0.2) is 0 Å². The molecule has 0 fully saturated rings. The van der Waals surface area contributed by atoms with Gasteiger partial charge in [0.1, 0.15) is 17.2 Å². The Balaban J connectivity index is 2.81. The molecule has 0 radical (unpaired) electrons. The minimum Gasteiger partial charge on any atom is -0.496 e. The molecule has 0 atom stereocenters. The molecule has 0 aliphatic carbocycles. The van der Waals surface area contributed by atoms with Gasteiger partial charge in [0.2, 0.25) is 0 Å². The van der Waals surface area contributed by atoms with E-state index >= 15 is 0 Å². The van der Waals surface area contributed by atoms with Crippen LogP contribution in [-0.4, -0.2) is 32.5 Å². The van der Waals surface area contributed by atoms with Crippen molar-refractivity contribution in [2.75, 3.05) is 27.4 Å². The van der Waals surface area contributed by atoms with Gasteiger partial charge in [0.05, 0.1) is 20.8 Å². The number of ether oxygens (including phenoxy) is 3. The Bertz CT molecular complexity index is 424. The van der Waals surface area contributed by atoms with Crippen LogP contribution in [0.2, 0.25) is 0 Å². The molecule has 4 heteroatoms. The molecule has 120 valence electrons. The average Bonchev–Trinajstić information content (AvgIpc) is 2.46. The molecular weight excluding hydrogens is 268 g/mol. The van der Waals surface area contributed by atoms with Gasteiger partial charge in [0.15, 0.2) is 0 Å². The third-order valence-corrected chi connectivity index (χ3v) is 3.75. The van der Waals surface area contributed by atoms with Crippen molar-refractivity contribution in [1.29, 1.82) is 0 Å². The predicted octanol–water partition coefficient (Wildman–Crippen LogP) is 3.56. The van der Waals surface area contributed by atoms with E-state index in [-0.39, 0.29) is 6.61 Å². The first-order valence-corrected chi connectivity index (χ1v) is 7.53. The lowest BCUT2D eigenvalue weighted by Crippen LogP contribution is -2.05. The molecular formula is C17H28O4. The molecule has 21 heavy (non-hydrogen) atoms. The first-order valence-electron chi connectivity index (χ1n) is 7.53. The minimum absolute atomic E-state index is 0.269. The van der Waals surface area contributed by atoms with Gasteiger partial charge in [-0.2, -0.15) is 0 Å². The van der Waals surface area contributed by atoms with Crippen LogP contribution in [0.5, 0.6) is 17.2 Å². The van der Waals surface area contributed by atoms with E-state index in [1.54, 1.807) is 14.2 Å². The summed E-state index contributed by atoms with van der Waals surface area (Å²) in [6.07, 6.45) is 3.96. The number of methoxy groups -OCH3 is 2. The number of aliphatic hydroxyl groups is 1. The van der Waals surface area contributed by atoms with Crippen molar-refractivity contribution < 1.29 is 19.3 Å². The van der Waals surface area contributed by atoms with E-state index in [1.165, 1.54) is 0 Å². The van der Waals surface area contributed by atoms with Crippen LogP contribution in [0.4, 0.5) is 0 Å². The Hall–Kier alpha value is -1.42. The number of aliphatic hydroxyl groups excluding tert-OH is 1. The van der Waals surface area contributed by atoms with Crippen molar-refractivity contribution in [2.24, 2.45) is 0 Å². The lowest BCUT2D eigenvalue weighted by atomic mass is 10.0. The molecule has 0 spiro atoms. The van der Waals surface area contributed by atoms with E-state index in [0.29, 0.717) is 6.61 Å². The van der Waals surface area contributed by atoms with E-state index in [0.717, 1.165) is 59.6 Å². The molecule has 0 heterocycles. The van der Waals surface area contributed by atoms with E-state index < -0.39 is 0 Å². The molecule has 1 aromatic carbocycles. The van der Waals surface area contributed by atoms with Crippen LogP contribution in [0.1, 0.15) is 42.4 Å². The number of unbranched alkanes of at least 4 members (excludes halogenated alkanes) is 3. The molecule has 0 amide bonds. The van der Waals surface area contributed by atoms with Gasteiger partial charge in [0.25, 0.3) is 0 Å². The molecule has 1 N–H and O–H groups in total. The molecule has 4 nitrogen and oxygen atoms in total. The highest BCUT2D eigenvalue weighted by Gasteiger charge is 2.19. The second kappa shape index (κ2) is 8.78. The van der Waals surface area contributed by atoms with Gasteiger partial charge in [-0.1, -0.05) is 6.42 Å². The molecule has 1 aromatic rings. The van der Waals surface area contributed by atoms with Crippen LogP contribution in [-0.2, 0) is 0 Å². The summed E-state index contributed by atoms with van der Waals surface area (Å²) >= 11 is 0. The summed E-state index contributed by atoms with van der Waals surface area (Å²) in [4.78, 5) is 0. The lowest BCUT2D eigenvalue weighted by molar-refractivity contribution is 0.271. The summed E-state index contributed by atoms with van der Waals surface area (Å²) in [5.74, 6) is 2.51. The van der Waals surface area contributed by atoms with Crippen LogP contribution in [0.25, 0.3) is 0 Å². The molecule has 0 saturated heterocycles. The van der Waals surface area contributed by atoms with Crippen molar-refractivity contribution in [3.8, 4) is 17.2 Å². The largest absolute Gasteiger partial charge is 0.496 e. The molecule has 0 aromatic heterocycles. The Morgan fingerprint density at radius 1 is 0.714 bits per heavy atom. The van der Waals surface area contributed by atoms with E-state index in [9.17, 15) is 0 Å². The quantitative estimate of drug-likeness (QED) is 0.708. The summed E-state index contributed by atoms with van der Waals surface area (Å²) in [6.45, 7) is 6.96. The van der Waals surface area contributed by atoms with Crippen molar-refractivity contribution in [1.82, 2.24) is 0 Å².